The molecule has 31 heavy (non-hydrogen) atoms. The number of ether oxygens (including phenoxy) is 2. The third kappa shape index (κ3) is 3.73. The Labute approximate surface area is 182 Å². The molecule has 1 aromatic heterocycles. The van der Waals surface area contributed by atoms with Crippen molar-refractivity contribution in [2.45, 2.75) is 44.6 Å². The van der Waals surface area contributed by atoms with Gasteiger partial charge in [0.2, 0.25) is 5.88 Å². The van der Waals surface area contributed by atoms with E-state index in [0.717, 1.165) is 48.0 Å². The SMILES string of the molecule is O=C(N[C@H]1COc2cc(N3CC4CCC(C4)C3)ccc2C1)c1cnc2c(c1)CCCO2. The molecule has 1 aliphatic carbocycles. The topological polar surface area (TPSA) is 63.7 Å². The summed E-state index contributed by atoms with van der Waals surface area (Å²) in [6.45, 7) is 3.54. The normalized spacial score (nSPS) is 26.3. The predicted octanol–water partition coefficient (Wildman–Crippen LogP) is 3.38. The van der Waals surface area contributed by atoms with E-state index >= 15 is 0 Å². The van der Waals surface area contributed by atoms with Crippen molar-refractivity contribution in [3.05, 3.63) is 47.2 Å². The van der Waals surface area contributed by atoms with E-state index in [1.165, 1.54) is 38.0 Å². The largest absolute Gasteiger partial charge is 0.491 e. The number of hydrogen-bond donors (Lipinski definition) is 1. The first-order chi connectivity index (χ1) is 15.2. The number of amides is 1. The fourth-order valence-electron chi connectivity index (χ4n) is 5.70. The smallest absolute Gasteiger partial charge is 0.253 e. The Bertz CT molecular complexity index is 996. The van der Waals surface area contributed by atoms with Gasteiger partial charge < -0.3 is 19.7 Å². The second kappa shape index (κ2) is 7.74. The second-order valence-electron chi connectivity index (χ2n) is 9.57. The molecule has 6 heteroatoms. The number of nitrogens with one attached hydrogen (secondary N) is 1. The van der Waals surface area contributed by atoms with Gasteiger partial charge >= 0.3 is 0 Å². The van der Waals surface area contributed by atoms with Crippen LogP contribution in [0.3, 0.4) is 0 Å². The summed E-state index contributed by atoms with van der Waals surface area (Å²) in [6, 6.07) is 8.48. The number of hydrogen-bond acceptors (Lipinski definition) is 5. The Balaban J connectivity index is 1.12. The second-order valence-corrected chi connectivity index (χ2v) is 9.57. The highest BCUT2D eigenvalue weighted by molar-refractivity contribution is 5.94. The minimum absolute atomic E-state index is 0.0380. The van der Waals surface area contributed by atoms with Gasteiger partial charge in [-0.2, -0.15) is 0 Å². The van der Waals surface area contributed by atoms with Crippen molar-refractivity contribution in [2.24, 2.45) is 11.8 Å². The van der Waals surface area contributed by atoms with Crippen molar-refractivity contribution in [3.8, 4) is 11.6 Å². The number of nitrogens with zero attached hydrogens (tertiary/aromatic N) is 2. The molecule has 2 aromatic rings. The number of anilines is 1. The van der Waals surface area contributed by atoms with E-state index in [-0.39, 0.29) is 11.9 Å². The Morgan fingerprint density at radius 1 is 1.10 bits per heavy atom. The van der Waals surface area contributed by atoms with Crippen LogP contribution < -0.4 is 19.7 Å². The number of carbonyl (C=O) groups is 1. The molecule has 2 unspecified atom stereocenters. The summed E-state index contributed by atoms with van der Waals surface area (Å²) in [5, 5.41) is 3.13. The highest BCUT2D eigenvalue weighted by Gasteiger charge is 2.33. The number of aryl methyl sites for hydroxylation is 1. The van der Waals surface area contributed by atoms with Crippen LogP contribution in [0.2, 0.25) is 0 Å². The van der Waals surface area contributed by atoms with Gasteiger partial charge in [-0.25, -0.2) is 4.98 Å². The quantitative estimate of drug-likeness (QED) is 0.826. The Morgan fingerprint density at radius 2 is 1.97 bits per heavy atom. The Kier molecular flexibility index (Phi) is 4.73. The summed E-state index contributed by atoms with van der Waals surface area (Å²) in [4.78, 5) is 19.6. The summed E-state index contributed by atoms with van der Waals surface area (Å²) in [5.74, 6) is 3.25. The average Bonchev–Trinajstić information content (AvgIpc) is 3.15. The minimum atomic E-state index is -0.0988. The monoisotopic (exact) mass is 419 g/mol. The Hall–Kier alpha value is -2.76. The summed E-state index contributed by atoms with van der Waals surface area (Å²) in [7, 11) is 0. The first-order valence-electron chi connectivity index (χ1n) is 11.6. The van der Waals surface area contributed by atoms with Gasteiger partial charge in [0.15, 0.2) is 0 Å². The number of fused-ring (bicyclic) bond motifs is 4. The number of carbonyl (C=O) groups excluding carboxylic acids is 1. The van der Waals surface area contributed by atoms with Gasteiger partial charge in [-0.1, -0.05) is 6.07 Å². The molecule has 2 fully saturated rings. The average molecular weight is 420 g/mol. The first kappa shape index (κ1) is 19.0. The summed E-state index contributed by atoms with van der Waals surface area (Å²) in [6.07, 6.45) is 8.45. The maximum Gasteiger partial charge on any atom is 0.253 e. The van der Waals surface area contributed by atoms with Crippen molar-refractivity contribution in [1.82, 2.24) is 10.3 Å². The molecular formula is C25H29N3O3. The van der Waals surface area contributed by atoms with Crippen LogP contribution in [0, 0.1) is 11.8 Å². The van der Waals surface area contributed by atoms with Gasteiger partial charge in [0, 0.05) is 36.6 Å². The standard InChI is InChI=1S/C25H29N3O3/c29-24(20-9-19-2-1-7-30-25(19)26-12-20)27-21-10-18-5-6-22(11-23(18)31-15-21)28-13-16-3-4-17(8-16)14-28/h5-6,9,11-12,16-17,21H,1-4,7-8,10,13-15H2,(H,27,29)/t16?,17?,21-/m1/s1. The van der Waals surface area contributed by atoms with Crippen LogP contribution in [0.25, 0.3) is 0 Å². The molecule has 4 heterocycles. The molecule has 1 saturated heterocycles. The van der Waals surface area contributed by atoms with Gasteiger partial charge in [0.25, 0.3) is 5.91 Å². The highest BCUT2D eigenvalue weighted by Crippen LogP contribution is 2.39. The summed E-state index contributed by atoms with van der Waals surface area (Å²) >= 11 is 0. The lowest BCUT2D eigenvalue weighted by atomic mass is 9.97. The zero-order chi connectivity index (χ0) is 20.8. The third-order valence-electron chi connectivity index (χ3n) is 7.28. The summed E-state index contributed by atoms with van der Waals surface area (Å²) in [5.41, 5.74) is 4.05. The molecule has 0 spiro atoms. The molecule has 6 rings (SSSR count). The molecular weight excluding hydrogens is 390 g/mol. The van der Waals surface area contributed by atoms with E-state index in [2.05, 4.69) is 33.4 Å². The number of pyridine rings is 1. The van der Waals surface area contributed by atoms with Crippen molar-refractivity contribution < 1.29 is 14.3 Å². The molecule has 1 amide bonds. The Morgan fingerprint density at radius 3 is 2.84 bits per heavy atom. The molecule has 4 aliphatic rings. The van der Waals surface area contributed by atoms with Crippen LogP contribution >= 0.6 is 0 Å². The molecule has 1 N–H and O–H groups in total. The number of benzene rings is 1. The van der Waals surface area contributed by atoms with Crippen molar-refractivity contribution in [2.75, 3.05) is 31.2 Å². The van der Waals surface area contributed by atoms with Crippen LogP contribution in [0.5, 0.6) is 11.6 Å². The lowest BCUT2D eigenvalue weighted by Crippen LogP contribution is -2.43. The van der Waals surface area contributed by atoms with Gasteiger partial charge in [0.1, 0.15) is 12.4 Å². The molecule has 0 radical (unpaired) electrons. The highest BCUT2D eigenvalue weighted by atomic mass is 16.5. The van der Waals surface area contributed by atoms with E-state index in [0.29, 0.717) is 24.7 Å². The van der Waals surface area contributed by atoms with Gasteiger partial charge in [-0.05, 0) is 68.1 Å². The van der Waals surface area contributed by atoms with Crippen molar-refractivity contribution in [3.63, 3.8) is 0 Å². The lowest BCUT2D eigenvalue weighted by Gasteiger charge is -2.34. The van der Waals surface area contributed by atoms with E-state index in [9.17, 15) is 4.79 Å². The molecule has 6 nitrogen and oxygen atoms in total. The van der Waals surface area contributed by atoms with Crippen LogP contribution in [-0.4, -0.2) is 43.2 Å². The fourth-order valence-corrected chi connectivity index (χ4v) is 5.70. The van der Waals surface area contributed by atoms with E-state index in [4.69, 9.17) is 9.47 Å². The van der Waals surface area contributed by atoms with E-state index in [1.807, 2.05) is 6.07 Å². The van der Waals surface area contributed by atoms with Crippen LogP contribution in [0.1, 0.15) is 47.2 Å². The van der Waals surface area contributed by atoms with Crippen LogP contribution in [0.4, 0.5) is 5.69 Å². The fraction of sp³-hybridized carbons (Fsp3) is 0.520. The van der Waals surface area contributed by atoms with E-state index in [1.54, 1.807) is 6.20 Å². The van der Waals surface area contributed by atoms with Crippen molar-refractivity contribution >= 4 is 11.6 Å². The minimum Gasteiger partial charge on any atom is -0.491 e. The zero-order valence-electron chi connectivity index (χ0n) is 17.8. The van der Waals surface area contributed by atoms with E-state index < -0.39 is 0 Å². The maximum absolute atomic E-state index is 12.8. The first-order valence-corrected chi connectivity index (χ1v) is 11.6. The van der Waals surface area contributed by atoms with Gasteiger partial charge in [-0.15, -0.1) is 0 Å². The molecule has 162 valence electrons. The lowest BCUT2D eigenvalue weighted by molar-refractivity contribution is 0.0914. The van der Waals surface area contributed by atoms with Gasteiger partial charge in [0.05, 0.1) is 18.2 Å². The number of piperidine rings is 1. The molecule has 1 aromatic carbocycles. The van der Waals surface area contributed by atoms with Crippen LogP contribution in [0.15, 0.2) is 30.5 Å². The number of rotatable bonds is 3. The van der Waals surface area contributed by atoms with Crippen molar-refractivity contribution in [1.29, 1.82) is 0 Å². The summed E-state index contributed by atoms with van der Waals surface area (Å²) < 4.78 is 11.6. The predicted molar refractivity (Wildman–Crippen MR) is 118 cm³/mol. The molecule has 1 saturated carbocycles. The third-order valence-corrected chi connectivity index (χ3v) is 7.28. The molecule has 3 atom stereocenters. The molecule has 3 aliphatic heterocycles. The zero-order valence-corrected chi connectivity index (χ0v) is 17.8. The molecule has 2 bridgehead atoms. The number of aromatic nitrogens is 1. The van der Waals surface area contributed by atoms with Crippen LogP contribution in [-0.2, 0) is 12.8 Å². The maximum atomic E-state index is 12.8. The van der Waals surface area contributed by atoms with Gasteiger partial charge in [-0.3, -0.25) is 4.79 Å².